The van der Waals surface area contributed by atoms with Crippen molar-refractivity contribution < 1.29 is 14.3 Å². The molecule has 0 aliphatic heterocycles. The highest BCUT2D eigenvalue weighted by Crippen LogP contribution is 2.29. The summed E-state index contributed by atoms with van der Waals surface area (Å²) >= 11 is 0. The number of esters is 1. The van der Waals surface area contributed by atoms with Gasteiger partial charge in [0, 0.05) is 6.08 Å². The third-order valence-electron chi connectivity index (χ3n) is 4.26. The van der Waals surface area contributed by atoms with Crippen molar-refractivity contribution in [1.82, 2.24) is 5.32 Å². The zero-order chi connectivity index (χ0) is 17.5. The molecule has 1 aliphatic rings. The van der Waals surface area contributed by atoms with Crippen LogP contribution in [-0.4, -0.2) is 18.5 Å². The average molecular weight is 335 g/mol. The van der Waals surface area contributed by atoms with Crippen LogP contribution in [0.25, 0.3) is 6.08 Å². The first kappa shape index (κ1) is 17.0. The Bertz CT molecular complexity index is 768. The molecule has 0 radical (unpaired) electrons. The van der Waals surface area contributed by atoms with E-state index in [0.717, 1.165) is 30.4 Å². The largest absolute Gasteiger partial charge is 0.452 e. The van der Waals surface area contributed by atoms with Gasteiger partial charge in [-0.15, -0.1) is 0 Å². The fraction of sp³-hybridized carbons (Fsp3) is 0.238. The minimum absolute atomic E-state index is 0.00369. The van der Waals surface area contributed by atoms with Crippen LogP contribution in [0.4, 0.5) is 0 Å². The molecule has 3 rings (SSSR count). The maximum atomic E-state index is 12.1. The van der Waals surface area contributed by atoms with E-state index in [0.29, 0.717) is 0 Å². The van der Waals surface area contributed by atoms with Gasteiger partial charge in [0.1, 0.15) is 0 Å². The van der Waals surface area contributed by atoms with Crippen molar-refractivity contribution in [2.45, 2.75) is 25.3 Å². The number of ether oxygens (including phenoxy) is 1. The number of carbonyl (C=O) groups excluding carboxylic acids is 2. The van der Waals surface area contributed by atoms with Gasteiger partial charge in [-0.1, -0.05) is 54.6 Å². The second kappa shape index (κ2) is 8.29. The smallest absolute Gasteiger partial charge is 0.331 e. The van der Waals surface area contributed by atoms with Gasteiger partial charge in [0.2, 0.25) is 0 Å². The zero-order valence-corrected chi connectivity index (χ0v) is 14.0. The van der Waals surface area contributed by atoms with Gasteiger partial charge in [0.25, 0.3) is 5.91 Å². The summed E-state index contributed by atoms with van der Waals surface area (Å²) in [6, 6.07) is 17.6. The number of hydrogen-bond acceptors (Lipinski definition) is 3. The number of benzene rings is 2. The number of hydrogen-bond donors (Lipinski definition) is 1. The highest BCUT2D eigenvalue weighted by Gasteiger charge is 2.21. The van der Waals surface area contributed by atoms with Crippen molar-refractivity contribution >= 4 is 18.0 Å². The van der Waals surface area contributed by atoms with Crippen molar-refractivity contribution in [3.63, 3.8) is 0 Å². The monoisotopic (exact) mass is 335 g/mol. The van der Waals surface area contributed by atoms with Crippen LogP contribution in [0.15, 0.2) is 60.7 Å². The Morgan fingerprint density at radius 2 is 1.84 bits per heavy atom. The molecule has 2 aromatic carbocycles. The molecule has 0 spiro atoms. The van der Waals surface area contributed by atoms with E-state index in [4.69, 9.17) is 4.74 Å². The lowest BCUT2D eigenvalue weighted by atomic mass is 9.88. The second-order valence-corrected chi connectivity index (χ2v) is 6.06. The highest BCUT2D eigenvalue weighted by atomic mass is 16.5. The first-order valence-corrected chi connectivity index (χ1v) is 8.49. The van der Waals surface area contributed by atoms with E-state index in [2.05, 4.69) is 11.4 Å². The summed E-state index contributed by atoms with van der Waals surface area (Å²) in [5, 5.41) is 2.96. The Kier molecular flexibility index (Phi) is 5.62. The fourth-order valence-corrected chi connectivity index (χ4v) is 3.05. The quantitative estimate of drug-likeness (QED) is 0.673. The molecule has 4 nitrogen and oxygen atoms in total. The van der Waals surface area contributed by atoms with Crippen molar-refractivity contribution in [3.8, 4) is 0 Å². The Hall–Kier alpha value is -2.88. The van der Waals surface area contributed by atoms with Crippen LogP contribution in [0.2, 0.25) is 0 Å². The van der Waals surface area contributed by atoms with Crippen LogP contribution < -0.4 is 5.32 Å². The number of nitrogens with one attached hydrogen (secondary N) is 1. The minimum atomic E-state index is -0.525. The van der Waals surface area contributed by atoms with Crippen LogP contribution in [0.1, 0.15) is 35.6 Å². The van der Waals surface area contributed by atoms with Gasteiger partial charge in [0.15, 0.2) is 6.61 Å². The lowest BCUT2D eigenvalue weighted by Gasteiger charge is -2.26. The zero-order valence-electron chi connectivity index (χ0n) is 14.0. The van der Waals surface area contributed by atoms with Crippen molar-refractivity contribution in [2.24, 2.45) is 0 Å². The maximum absolute atomic E-state index is 12.1. The van der Waals surface area contributed by atoms with Gasteiger partial charge in [0.05, 0.1) is 6.04 Å². The van der Waals surface area contributed by atoms with Crippen LogP contribution in [0.3, 0.4) is 0 Å². The van der Waals surface area contributed by atoms with E-state index in [9.17, 15) is 9.59 Å². The van der Waals surface area contributed by atoms with Crippen LogP contribution in [0, 0.1) is 0 Å². The molecule has 1 N–H and O–H groups in total. The van der Waals surface area contributed by atoms with Crippen LogP contribution >= 0.6 is 0 Å². The SMILES string of the molecule is O=C(COC(=O)/C=C/c1ccccc1)N[C@H]1CCCc2ccccc21. The molecule has 0 saturated heterocycles. The number of carbonyl (C=O) groups is 2. The molecule has 0 unspecified atom stereocenters. The summed E-state index contributed by atoms with van der Waals surface area (Å²) in [4.78, 5) is 23.8. The molecule has 0 saturated carbocycles. The summed E-state index contributed by atoms with van der Waals surface area (Å²) in [6.45, 7) is -0.267. The van der Waals surface area contributed by atoms with Gasteiger partial charge in [-0.3, -0.25) is 4.79 Å². The average Bonchev–Trinajstić information content (AvgIpc) is 2.66. The topological polar surface area (TPSA) is 55.4 Å². The number of fused-ring (bicyclic) bond motifs is 1. The van der Waals surface area contributed by atoms with Crippen LogP contribution in [0.5, 0.6) is 0 Å². The summed E-state index contributed by atoms with van der Waals surface area (Å²) in [5.41, 5.74) is 3.35. The highest BCUT2D eigenvalue weighted by molar-refractivity contribution is 5.89. The second-order valence-electron chi connectivity index (χ2n) is 6.06. The van der Waals surface area contributed by atoms with E-state index in [1.165, 1.54) is 11.6 Å². The Labute approximate surface area is 147 Å². The van der Waals surface area contributed by atoms with Gasteiger partial charge >= 0.3 is 5.97 Å². The molecule has 0 fully saturated rings. The van der Waals surface area contributed by atoms with E-state index >= 15 is 0 Å². The summed E-state index contributed by atoms with van der Waals surface area (Å²) < 4.78 is 5.02. The van der Waals surface area contributed by atoms with E-state index < -0.39 is 5.97 Å². The third-order valence-corrected chi connectivity index (χ3v) is 4.26. The van der Waals surface area contributed by atoms with Gasteiger partial charge in [-0.25, -0.2) is 4.79 Å². The van der Waals surface area contributed by atoms with Crippen molar-refractivity contribution in [3.05, 3.63) is 77.4 Å². The predicted octanol–water partition coefficient (Wildman–Crippen LogP) is 3.44. The molecule has 4 heteroatoms. The molecular formula is C21H21NO3. The maximum Gasteiger partial charge on any atom is 0.331 e. The molecule has 1 aliphatic carbocycles. The lowest BCUT2D eigenvalue weighted by Crippen LogP contribution is -2.34. The number of rotatable bonds is 5. The van der Waals surface area contributed by atoms with Crippen molar-refractivity contribution in [2.75, 3.05) is 6.61 Å². The Morgan fingerprint density at radius 3 is 2.68 bits per heavy atom. The van der Waals surface area contributed by atoms with Gasteiger partial charge in [-0.2, -0.15) is 0 Å². The molecule has 1 amide bonds. The standard InChI is InChI=1S/C21H21NO3/c23-20(15-25-21(24)14-13-16-7-2-1-3-8-16)22-19-12-6-10-17-9-4-5-11-18(17)19/h1-5,7-9,11,13-14,19H,6,10,12,15H2,(H,22,23)/b14-13+/t19-/m0/s1. The number of amides is 1. The molecule has 1 atom stereocenters. The summed E-state index contributed by atoms with van der Waals surface area (Å²) in [6.07, 6.45) is 5.99. The molecule has 0 aromatic heterocycles. The first-order chi connectivity index (χ1) is 12.2. The Morgan fingerprint density at radius 1 is 1.08 bits per heavy atom. The first-order valence-electron chi connectivity index (χ1n) is 8.49. The molecule has 25 heavy (non-hydrogen) atoms. The van der Waals surface area contributed by atoms with Crippen molar-refractivity contribution in [1.29, 1.82) is 0 Å². The molecular weight excluding hydrogens is 314 g/mol. The van der Waals surface area contributed by atoms with E-state index in [-0.39, 0.29) is 18.6 Å². The minimum Gasteiger partial charge on any atom is -0.452 e. The molecule has 128 valence electrons. The van der Waals surface area contributed by atoms with Crippen LogP contribution in [-0.2, 0) is 20.7 Å². The molecule has 0 bridgehead atoms. The molecule has 0 heterocycles. The normalized spacial score (nSPS) is 16.2. The predicted molar refractivity (Wildman–Crippen MR) is 96.7 cm³/mol. The van der Waals surface area contributed by atoms with E-state index in [1.807, 2.05) is 48.5 Å². The summed E-state index contributed by atoms with van der Waals surface area (Å²) in [7, 11) is 0. The molecule has 2 aromatic rings. The Balaban J connectivity index is 1.49. The van der Waals surface area contributed by atoms with Gasteiger partial charge in [-0.05, 0) is 42.0 Å². The number of aryl methyl sites for hydroxylation is 1. The fourth-order valence-electron chi connectivity index (χ4n) is 3.05. The van der Waals surface area contributed by atoms with E-state index in [1.54, 1.807) is 6.08 Å². The third kappa shape index (κ3) is 4.80. The summed E-state index contributed by atoms with van der Waals surface area (Å²) in [5.74, 6) is -0.800. The van der Waals surface area contributed by atoms with Gasteiger partial charge < -0.3 is 10.1 Å². The lowest BCUT2D eigenvalue weighted by molar-refractivity contribution is -0.144.